The number of benzene rings is 1. The van der Waals surface area contributed by atoms with Crippen molar-refractivity contribution in [2.45, 2.75) is 0 Å². The zero-order valence-corrected chi connectivity index (χ0v) is 7.72. The second-order valence-electron chi connectivity index (χ2n) is 1.92. The van der Waals surface area contributed by atoms with E-state index in [1.807, 2.05) is 12.1 Å². The van der Waals surface area contributed by atoms with Crippen LogP contribution in [0.5, 0.6) is 5.75 Å². The molecule has 1 rings (SSSR count). The molecule has 0 amide bonds. The van der Waals surface area contributed by atoms with Gasteiger partial charge in [0.2, 0.25) is 0 Å². The number of hydrogen-bond acceptors (Lipinski definition) is 2. The minimum atomic E-state index is 0.273. The van der Waals surface area contributed by atoms with Crippen LogP contribution < -0.4 is 4.74 Å². The summed E-state index contributed by atoms with van der Waals surface area (Å²) in [4.78, 5) is 0. The topological polar surface area (TPSA) is 18.5 Å². The second kappa shape index (κ2) is 4.36. The van der Waals surface area contributed by atoms with Crippen molar-refractivity contribution >= 4 is 15.9 Å². The smallest absolute Gasteiger partial charge is 0.188 e. The second-order valence-corrected chi connectivity index (χ2v) is 2.78. The minimum absolute atomic E-state index is 0.273. The Morgan fingerprint density at radius 2 is 2.36 bits per heavy atom. The number of halogens is 1. The first-order valence-electron chi connectivity index (χ1n) is 3.12. The highest BCUT2D eigenvalue weighted by Gasteiger charge is 1.91. The highest BCUT2D eigenvalue weighted by atomic mass is 79.9. The Labute approximate surface area is 74.3 Å². The molecular weight excluding hydrogens is 208 g/mol. The molecule has 0 aliphatic carbocycles. The fourth-order valence-electron chi connectivity index (χ4n) is 0.608. The third-order valence-corrected chi connectivity index (χ3v) is 1.58. The summed E-state index contributed by atoms with van der Waals surface area (Å²) < 4.78 is 10.8. The highest BCUT2D eigenvalue weighted by Crippen LogP contribution is 2.14. The molecular formula is C8H8BrO2. The van der Waals surface area contributed by atoms with Gasteiger partial charge in [-0.25, -0.2) is 0 Å². The first kappa shape index (κ1) is 8.56. The van der Waals surface area contributed by atoms with Crippen LogP contribution in [-0.2, 0) is 4.74 Å². The third-order valence-electron chi connectivity index (χ3n) is 1.09. The highest BCUT2D eigenvalue weighted by molar-refractivity contribution is 9.10. The lowest BCUT2D eigenvalue weighted by molar-refractivity contribution is 0.0511. The van der Waals surface area contributed by atoms with Crippen LogP contribution in [0.2, 0.25) is 0 Å². The van der Waals surface area contributed by atoms with Crippen LogP contribution in [0, 0.1) is 6.07 Å². The van der Waals surface area contributed by atoms with Gasteiger partial charge in [-0.2, -0.15) is 0 Å². The van der Waals surface area contributed by atoms with Gasteiger partial charge < -0.3 is 9.47 Å². The summed E-state index contributed by atoms with van der Waals surface area (Å²) >= 11 is 3.27. The Morgan fingerprint density at radius 3 is 2.91 bits per heavy atom. The molecule has 1 aromatic carbocycles. The zero-order chi connectivity index (χ0) is 8.10. The number of hydrogen-bond donors (Lipinski definition) is 0. The molecule has 0 spiro atoms. The van der Waals surface area contributed by atoms with Gasteiger partial charge in [0.05, 0.1) is 0 Å². The summed E-state index contributed by atoms with van der Waals surface area (Å²) in [5.74, 6) is 0.759. The quantitative estimate of drug-likeness (QED) is 0.721. The summed E-state index contributed by atoms with van der Waals surface area (Å²) in [7, 11) is 1.59. The summed E-state index contributed by atoms with van der Waals surface area (Å²) in [5.41, 5.74) is 0. The summed E-state index contributed by atoms with van der Waals surface area (Å²) in [6, 6.07) is 8.41. The van der Waals surface area contributed by atoms with Gasteiger partial charge in [-0.3, -0.25) is 0 Å². The van der Waals surface area contributed by atoms with Gasteiger partial charge in [0.25, 0.3) is 0 Å². The van der Waals surface area contributed by atoms with Crippen molar-refractivity contribution in [1.82, 2.24) is 0 Å². The van der Waals surface area contributed by atoms with Crippen LogP contribution in [0.15, 0.2) is 22.7 Å². The molecule has 0 N–H and O–H groups in total. The molecule has 0 atom stereocenters. The van der Waals surface area contributed by atoms with Gasteiger partial charge in [-0.15, -0.1) is 0 Å². The molecule has 1 radical (unpaired) electrons. The first-order chi connectivity index (χ1) is 5.33. The molecule has 0 heterocycles. The SMILES string of the molecule is COCOc1c[c]c(Br)cc1. The fourth-order valence-corrected chi connectivity index (χ4v) is 0.855. The molecule has 0 aromatic heterocycles. The molecule has 0 saturated carbocycles. The van der Waals surface area contributed by atoms with Crippen molar-refractivity contribution in [2.24, 2.45) is 0 Å². The molecule has 2 nitrogen and oxygen atoms in total. The average molecular weight is 216 g/mol. The van der Waals surface area contributed by atoms with Crippen molar-refractivity contribution in [3.63, 3.8) is 0 Å². The normalized spacial score (nSPS) is 9.64. The van der Waals surface area contributed by atoms with Gasteiger partial charge in [-0.1, -0.05) is 15.9 Å². The Bertz CT molecular complexity index is 208. The van der Waals surface area contributed by atoms with E-state index < -0.39 is 0 Å². The Balaban J connectivity index is 2.52. The van der Waals surface area contributed by atoms with Gasteiger partial charge in [0.1, 0.15) is 5.75 Å². The molecule has 0 aliphatic rings. The number of rotatable bonds is 3. The van der Waals surface area contributed by atoms with Crippen molar-refractivity contribution < 1.29 is 9.47 Å². The van der Waals surface area contributed by atoms with E-state index in [2.05, 4.69) is 22.0 Å². The van der Waals surface area contributed by atoms with Crippen LogP contribution in [0.25, 0.3) is 0 Å². The van der Waals surface area contributed by atoms with E-state index in [0.29, 0.717) is 0 Å². The lowest BCUT2D eigenvalue weighted by Crippen LogP contribution is -1.98. The lowest BCUT2D eigenvalue weighted by Gasteiger charge is -2.02. The molecule has 0 fully saturated rings. The van der Waals surface area contributed by atoms with E-state index >= 15 is 0 Å². The zero-order valence-electron chi connectivity index (χ0n) is 6.13. The molecule has 0 saturated heterocycles. The van der Waals surface area contributed by atoms with E-state index in [-0.39, 0.29) is 6.79 Å². The van der Waals surface area contributed by atoms with Crippen LogP contribution in [-0.4, -0.2) is 13.9 Å². The molecule has 1 aromatic rings. The Hall–Kier alpha value is -0.540. The van der Waals surface area contributed by atoms with Crippen molar-refractivity contribution in [2.75, 3.05) is 13.9 Å². The van der Waals surface area contributed by atoms with Crippen molar-refractivity contribution in [1.29, 1.82) is 0 Å². The first-order valence-corrected chi connectivity index (χ1v) is 3.91. The predicted molar refractivity (Wildman–Crippen MR) is 45.5 cm³/mol. The van der Waals surface area contributed by atoms with Gasteiger partial charge >= 0.3 is 0 Å². The van der Waals surface area contributed by atoms with Crippen LogP contribution in [0.3, 0.4) is 0 Å². The van der Waals surface area contributed by atoms with E-state index in [1.54, 1.807) is 13.2 Å². The summed E-state index contributed by atoms with van der Waals surface area (Å²) in [5, 5.41) is 0. The van der Waals surface area contributed by atoms with Crippen LogP contribution >= 0.6 is 15.9 Å². The standard InChI is InChI=1S/C8H8BrO2/c1-10-6-11-8-4-2-7(9)3-5-8/h2,4-5H,6H2,1H3. The molecule has 59 valence electrons. The maximum Gasteiger partial charge on any atom is 0.188 e. The van der Waals surface area contributed by atoms with Gasteiger partial charge in [-0.05, 0) is 18.2 Å². The molecule has 0 unspecified atom stereocenters. The van der Waals surface area contributed by atoms with E-state index in [0.717, 1.165) is 10.2 Å². The van der Waals surface area contributed by atoms with E-state index in [1.165, 1.54) is 0 Å². The minimum Gasteiger partial charge on any atom is -0.468 e. The van der Waals surface area contributed by atoms with Crippen molar-refractivity contribution in [3.05, 3.63) is 28.7 Å². The summed E-state index contributed by atoms with van der Waals surface area (Å²) in [6.07, 6.45) is 0. The predicted octanol–water partition coefficient (Wildman–Crippen LogP) is 2.23. The van der Waals surface area contributed by atoms with Gasteiger partial charge in [0, 0.05) is 17.6 Å². The monoisotopic (exact) mass is 215 g/mol. The molecule has 0 aliphatic heterocycles. The average Bonchev–Trinajstić information content (AvgIpc) is 2.04. The number of ether oxygens (including phenoxy) is 2. The largest absolute Gasteiger partial charge is 0.468 e. The molecule has 3 heteroatoms. The van der Waals surface area contributed by atoms with Crippen LogP contribution in [0.1, 0.15) is 0 Å². The lowest BCUT2D eigenvalue weighted by atomic mass is 10.3. The van der Waals surface area contributed by atoms with Crippen molar-refractivity contribution in [3.8, 4) is 5.75 Å². The Kier molecular flexibility index (Phi) is 3.39. The third kappa shape index (κ3) is 2.91. The molecule has 11 heavy (non-hydrogen) atoms. The maximum atomic E-state index is 5.14. The number of methoxy groups -OCH3 is 1. The summed E-state index contributed by atoms with van der Waals surface area (Å²) in [6.45, 7) is 0.273. The van der Waals surface area contributed by atoms with Gasteiger partial charge in [0.15, 0.2) is 6.79 Å². The maximum absolute atomic E-state index is 5.14. The fraction of sp³-hybridized carbons (Fsp3) is 0.250. The molecule has 0 bridgehead atoms. The van der Waals surface area contributed by atoms with E-state index in [4.69, 9.17) is 9.47 Å². The Morgan fingerprint density at radius 1 is 1.55 bits per heavy atom. The van der Waals surface area contributed by atoms with E-state index in [9.17, 15) is 0 Å². The van der Waals surface area contributed by atoms with Crippen LogP contribution in [0.4, 0.5) is 0 Å².